The van der Waals surface area contributed by atoms with E-state index in [4.69, 9.17) is 5.73 Å². The minimum atomic E-state index is 0.437. The molecular weight excluding hydrogens is 132 g/mol. The smallest absolute Gasteiger partial charge is 0.163 e. The van der Waals surface area contributed by atoms with Crippen molar-refractivity contribution in [2.45, 2.75) is 25.8 Å². The summed E-state index contributed by atoms with van der Waals surface area (Å²) in [7, 11) is 0. The van der Waals surface area contributed by atoms with E-state index in [0.717, 1.165) is 5.92 Å². The van der Waals surface area contributed by atoms with Crippen molar-refractivity contribution in [3.63, 3.8) is 0 Å². The van der Waals surface area contributed by atoms with Gasteiger partial charge in [-0.2, -0.15) is 0 Å². The second-order valence-corrected chi connectivity index (χ2v) is 3.22. The molecule has 9 heavy (non-hydrogen) atoms. The fourth-order valence-electron chi connectivity index (χ4n) is 1.22. The molecule has 3 N–H and O–H groups in total. The molecule has 1 fully saturated rings. The highest BCUT2D eigenvalue weighted by Gasteiger charge is 2.24. The molecule has 0 aromatic carbocycles. The van der Waals surface area contributed by atoms with Crippen LogP contribution >= 0.6 is 12.2 Å². The van der Waals surface area contributed by atoms with Gasteiger partial charge in [-0.1, -0.05) is 6.92 Å². The predicted molar refractivity (Wildman–Crippen MR) is 42.1 cm³/mol. The Morgan fingerprint density at radius 3 is 2.56 bits per heavy atom. The van der Waals surface area contributed by atoms with Crippen molar-refractivity contribution in [1.82, 2.24) is 5.32 Å². The highest BCUT2D eigenvalue weighted by atomic mass is 32.1. The Labute approximate surface area is 60.8 Å². The van der Waals surface area contributed by atoms with Crippen molar-refractivity contribution in [3.8, 4) is 0 Å². The third-order valence-corrected chi connectivity index (χ3v) is 1.84. The predicted octanol–water partition coefficient (Wildman–Crippen LogP) is 0.618. The van der Waals surface area contributed by atoms with Crippen LogP contribution in [0.5, 0.6) is 0 Å². The minimum Gasteiger partial charge on any atom is -0.376 e. The highest BCUT2D eigenvalue weighted by molar-refractivity contribution is 7.80. The molecule has 0 heterocycles. The Kier molecular flexibility index (Phi) is 1.90. The van der Waals surface area contributed by atoms with Crippen LogP contribution in [0.1, 0.15) is 19.8 Å². The summed E-state index contributed by atoms with van der Waals surface area (Å²) in [5, 5.41) is 3.46. The van der Waals surface area contributed by atoms with Crippen molar-refractivity contribution in [2.24, 2.45) is 11.7 Å². The van der Waals surface area contributed by atoms with E-state index >= 15 is 0 Å². The Hall–Kier alpha value is -0.310. The number of nitrogens with one attached hydrogen (secondary N) is 1. The third-order valence-electron chi connectivity index (χ3n) is 1.72. The van der Waals surface area contributed by atoms with Gasteiger partial charge in [-0.15, -0.1) is 0 Å². The average molecular weight is 144 g/mol. The summed E-state index contributed by atoms with van der Waals surface area (Å²) in [6, 6.07) is 0.567. The van der Waals surface area contributed by atoms with Crippen LogP contribution < -0.4 is 11.1 Å². The fourth-order valence-corrected chi connectivity index (χ4v) is 1.39. The Bertz CT molecular complexity index is 118. The molecule has 0 spiro atoms. The molecule has 52 valence electrons. The normalized spacial score (nSPS) is 33.0. The summed E-state index contributed by atoms with van der Waals surface area (Å²) in [4.78, 5) is 0. The lowest BCUT2D eigenvalue weighted by Gasteiger charge is -2.33. The van der Waals surface area contributed by atoms with Gasteiger partial charge >= 0.3 is 0 Å². The first kappa shape index (κ1) is 6.81. The zero-order valence-electron chi connectivity index (χ0n) is 5.55. The Morgan fingerprint density at radius 2 is 2.22 bits per heavy atom. The van der Waals surface area contributed by atoms with Gasteiger partial charge in [0.2, 0.25) is 0 Å². The zero-order valence-corrected chi connectivity index (χ0v) is 6.37. The van der Waals surface area contributed by atoms with E-state index in [9.17, 15) is 0 Å². The van der Waals surface area contributed by atoms with E-state index in [1.807, 2.05) is 0 Å². The molecule has 0 amide bonds. The first-order valence-corrected chi connectivity index (χ1v) is 3.65. The summed E-state index contributed by atoms with van der Waals surface area (Å²) in [6.45, 7) is 2.23. The average Bonchev–Trinajstić information content (AvgIpc) is 1.60. The quantitative estimate of drug-likeness (QED) is 0.530. The number of rotatable bonds is 1. The molecular formula is C6H12N2S. The number of thiocarbonyl (C=S) groups is 1. The molecule has 1 rings (SSSR count). The summed E-state index contributed by atoms with van der Waals surface area (Å²) in [5.74, 6) is 0.858. The van der Waals surface area contributed by atoms with Crippen LogP contribution in [-0.2, 0) is 0 Å². The fraction of sp³-hybridized carbons (Fsp3) is 0.833. The van der Waals surface area contributed by atoms with Gasteiger partial charge in [0.25, 0.3) is 0 Å². The molecule has 1 saturated carbocycles. The molecule has 0 radical (unpaired) electrons. The van der Waals surface area contributed by atoms with Gasteiger partial charge in [0.15, 0.2) is 5.11 Å². The molecule has 0 atom stereocenters. The van der Waals surface area contributed by atoms with Crippen LogP contribution in [0.15, 0.2) is 0 Å². The van der Waals surface area contributed by atoms with E-state index in [2.05, 4.69) is 24.5 Å². The number of hydrogen-bond acceptors (Lipinski definition) is 1. The summed E-state index contributed by atoms with van der Waals surface area (Å²) in [5.41, 5.74) is 5.27. The summed E-state index contributed by atoms with van der Waals surface area (Å²) >= 11 is 4.68. The third kappa shape index (κ3) is 1.82. The van der Waals surface area contributed by atoms with Crippen LogP contribution in [0.25, 0.3) is 0 Å². The first-order valence-electron chi connectivity index (χ1n) is 3.24. The lowest BCUT2D eigenvalue weighted by atomic mass is 9.82. The van der Waals surface area contributed by atoms with Gasteiger partial charge in [-0.05, 0) is 31.0 Å². The maximum Gasteiger partial charge on any atom is 0.163 e. The van der Waals surface area contributed by atoms with Gasteiger partial charge in [0, 0.05) is 6.04 Å². The summed E-state index contributed by atoms with van der Waals surface area (Å²) in [6.07, 6.45) is 2.44. The largest absolute Gasteiger partial charge is 0.376 e. The van der Waals surface area contributed by atoms with E-state index in [-0.39, 0.29) is 0 Å². The standard InChI is InChI=1S/C6H12N2S/c1-4-2-5(3-4)8-6(7)9/h4-5H,2-3H2,1H3,(H3,7,8,9). The van der Waals surface area contributed by atoms with Crippen molar-refractivity contribution in [1.29, 1.82) is 0 Å². The molecule has 1 aliphatic carbocycles. The Morgan fingerprint density at radius 1 is 1.67 bits per heavy atom. The topological polar surface area (TPSA) is 38.0 Å². The van der Waals surface area contributed by atoms with Gasteiger partial charge in [0.1, 0.15) is 0 Å². The maximum atomic E-state index is 5.27. The second-order valence-electron chi connectivity index (χ2n) is 2.78. The second kappa shape index (κ2) is 2.52. The van der Waals surface area contributed by atoms with E-state index in [1.54, 1.807) is 0 Å². The molecule has 0 aromatic rings. The van der Waals surface area contributed by atoms with Crippen molar-refractivity contribution in [2.75, 3.05) is 0 Å². The molecule has 3 heteroatoms. The lowest BCUT2D eigenvalue weighted by Crippen LogP contribution is -2.45. The molecule has 0 aliphatic heterocycles. The molecule has 0 bridgehead atoms. The van der Waals surface area contributed by atoms with Crippen molar-refractivity contribution in [3.05, 3.63) is 0 Å². The lowest BCUT2D eigenvalue weighted by molar-refractivity contribution is 0.268. The van der Waals surface area contributed by atoms with E-state index in [1.165, 1.54) is 12.8 Å². The molecule has 0 unspecified atom stereocenters. The van der Waals surface area contributed by atoms with Crippen LogP contribution in [0.3, 0.4) is 0 Å². The first-order chi connectivity index (χ1) is 4.18. The minimum absolute atomic E-state index is 0.437. The van der Waals surface area contributed by atoms with Gasteiger partial charge < -0.3 is 11.1 Å². The van der Waals surface area contributed by atoms with Crippen molar-refractivity contribution < 1.29 is 0 Å². The molecule has 0 aromatic heterocycles. The van der Waals surface area contributed by atoms with Gasteiger partial charge in [-0.3, -0.25) is 0 Å². The maximum absolute atomic E-state index is 5.27. The van der Waals surface area contributed by atoms with E-state index in [0.29, 0.717) is 11.2 Å². The summed E-state index contributed by atoms with van der Waals surface area (Å²) < 4.78 is 0. The van der Waals surface area contributed by atoms with Crippen molar-refractivity contribution >= 4 is 17.3 Å². The molecule has 2 nitrogen and oxygen atoms in total. The van der Waals surface area contributed by atoms with Crippen LogP contribution in [-0.4, -0.2) is 11.2 Å². The highest BCUT2D eigenvalue weighted by Crippen LogP contribution is 2.25. The zero-order chi connectivity index (χ0) is 6.85. The monoisotopic (exact) mass is 144 g/mol. The van der Waals surface area contributed by atoms with Crippen LogP contribution in [0.2, 0.25) is 0 Å². The number of nitrogens with two attached hydrogens (primary N) is 1. The van der Waals surface area contributed by atoms with Crippen LogP contribution in [0.4, 0.5) is 0 Å². The molecule has 1 aliphatic rings. The molecule has 0 saturated heterocycles. The van der Waals surface area contributed by atoms with Gasteiger partial charge in [-0.25, -0.2) is 0 Å². The number of hydrogen-bond donors (Lipinski definition) is 2. The van der Waals surface area contributed by atoms with E-state index < -0.39 is 0 Å². The van der Waals surface area contributed by atoms with Gasteiger partial charge in [0.05, 0.1) is 0 Å². The van der Waals surface area contributed by atoms with Crippen LogP contribution in [0, 0.1) is 5.92 Å². The SMILES string of the molecule is CC1CC(NC(N)=S)C1. The Balaban J connectivity index is 2.11.